The lowest BCUT2D eigenvalue weighted by Gasteiger charge is -2.30. The Kier molecular flexibility index (Phi) is 5.32. The number of anilines is 1. The Morgan fingerprint density at radius 2 is 1.62 bits per heavy atom. The summed E-state index contributed by atoms with van der Waals surface area (Å²) in [5.74, 6) is 0.619. The van der Waals surface area contributed by atoms with Crippen LogP contribution in [0.2, 0.25) is 0 Å². The molecule has 0 aliphatic carbocycles. The second-order valence-electron chi connectivity index (χ2n) is 6.89. The van der Waals surface area contributed by atoms with E-state index in [-0.39, 0.29) is 5.25 Å². The van der Waals surface area contributed by atoms with E-state index in [9.17, 15) is 0 Å². The van der Waals surface area contributed by atoms with Crippen LogP contribution in [0.4, 0.5) is 5.82 Å². The highest BCUT2D eigenvalue weighted by Gasteiger charge is 2.34. The number of rotatable bonds is 2. The Labute approximate surface area is 198 Å². The van der Waals surface area contributed by atoms with Crippen LogP contribution in [0.15, 0.2) is 57.5 Å². The third-order valence-electron chi connectivity index (χ3n) is 5.08. The Morgan fingerprint density at radius 3 is 2.28 bits per heavy atom. The summed E-state index contributed by atoms with van der Waals surface area (Å²) in [5, 5.41) is 1.60. The molecule has 0 amide bonds. The maximum atomic E-state index is 6.36. The molecular weight excluding hydrogens is 550 g/mol. The zero-order chi connectivity index (χ0) is 20.1. The van der Waals surface area contributed by atoms with Crippen molar-refractivity contribution in [2.24, 2.45) is 0 Å². The van der Waals surface area contributed by atoms with Crippen molar-refractivity contribution in [3.8, 4) is 0 Å². The molecule has 5 rings (SSSR count). The number of thioether (sulfide) groups is 1. The lowest BCUT2D eigenvalue weighted by Crippen LogP contribution is -2.12. The van der Waals surface area contributed by atoms with Gasteiger partial charge in [-0.3, -0.25) is 0 Å². The Balaban J connectivity index is 1.70. The third kappa shape index (κ3) is 3.70. The summed E-state index contributed by atoms with van der Waals surface area (Å²) in [6, 6.07) is 17.2. The van der Waals surface area contributed by atoms with Crippen molar-refractivity contribution in [1.82, 2.24) is 9.97 Å². The average Bonchev–Trinajstić information content (AvgIpc) is 3.07. The summed E-state index contributed by atoms with van der Waals surface area (Å²) in [6.07, 6.45) is 0.922. The van der Waals surface area contributed by atoms with Crippen molar-refractivity contribution >= 4 is 83.2 Å². The molecule has 3 N–H and O–H groups in total. The van der Waals surface area contributed by atoms with Gasteiger partial charge >= 0.3 is 0 Å². The molecule has 8 heteroatoms. The summed E-state index contributed by atoms with van der Waals surface area (Å²) in [7, 11) is 0. The van der Waals surface area contributed by atoms with Crippen molar-refractivity contribution in [3.63, 3.8) is 0 Å². The van der Waals surface area contributed by atoms with Crippen molar-refractivity contribution in [3.05, 3.63) is 83.8 Å². The summed E-state index contributed by atoms with van der Waals surface area (Å²) in [6.45, 7) is 0. The van der Waals surface area contributed by atoms with Crippen molar-refractivity contribution in [2.75, 3.05) is 5.73 Å². The zero-order valence-electron chi connectivity index (χ0n) is 15.0. The van der Waals surface area contributed by atoms with Crippen LogP contribution in [0.5, 0.6) is 0 Å². The molecule has 146 valence electrons. The number of aromatic nitrogens is 2. The molecule has 2 unspecified atom stereocenters. The van der Waals surface area contributed by atoms with Gasteiger partial charge in [0.2, 0.25) is 0 Å². The summed E-state index contributed by atoms with van der Waals surface area (Å²) in [4.78, 5) is 9.86. The number of hydrogen-bond donors (Lipinski definition) is 2. The fourth-order valence-electron chi connectivity index (χ4n) is 3.74. The first-order valence-corrected chi connectivity index (χ1v) is 12.7. The third-order valence-corrected chi connectivity index (χ3v) is 9.21. The minimum Gasteiger partial charge on any atom is -0.385 e. The van der Waals surface area contributed by atoms with Gasteiger partial charge in [-0.15, -0.1) is 23.1 Å². The van der Waals surface area contributed by atoms with Gasteiger partial charge < -0.3 is 10.7 Å². The molecule has 3 heterocycles. The highest BCUT2D eigenvalue weighted by atomic mass is 79.9. The molecule has 0 fully saturated rings. The van der Waals surface area contributed by atoms with Gasteiger partial charge in [-0.1, -0.05) is 56.1 Å². The van der Waals surface area contributed by atoms with Gasteiger partial charge in [-0.2, -0.15) is 0 Å². The van der Waals surface area contributed by atoms with Crippen LogP contribution in [-0.4, -0.2) is 9.97 Å². The second-order valence-corrected chi connectivity index (χ2v) is 11.5. The molecule has 0 radical (unpaired) electrons. The lowest BCUT2D eigenvalue weighted by atomic mass is 9.98. The predicted octanol–water partition coefficient (Wildman–Crippen LogP) is 7.58. The topological polar surface area (TPSA) is 54.7 Å². The maximum Gasteiger partial charge on any atom is 0.199 e. The van der Waals surface area contributed by atoms with Crippen molar-refractivity contribution < 1.29 is 0 Å². The smallest absolute Gasteiger partial charge is 0.199 e. The number of benzene rings is 2. The van der Waals surface area contributed by atoms with Crippen LogP contribution in [0.25, 0.3) is 10.2 Å². The molecule has 0 saturated heterocycles. The molecular formula is C21H15Br2N3S3. The van der Waals surface area contributed by atoms with Gasteiger partial charge in [0.1, 0.15) is 10.6 Å². The summed E-state index contributed by atoms with van der Waals surface area (Å²) in [5.41, 5.74) is 10.3. The standard InChI is InChI=1S/C21H15Br2N3S3/c22-12-5-1-10(2-6-12)15-9-14-16-19(24)25-21(27)26-20(16)29-18(14)17(28-15)11-3-7-13(23)8-4-11/h1-8,15,17H,9H2,(H3,24,25,26,27). The summed E-state index contributed by atoms with van der Waals surface area (Å²) >= 11 is 16.1. The van der Waals surface area contributed by atoms with Gasteiger partial charge in [-0.05, 0) is 59.6 Å². The highest BCUT2D eigenvalue weighted by molar-refractivity contribution is 9.10. The van der Waals surface area contributed by atoms with Gasteiger partial charge in [-0.25, -0.2) is 4.98 Å². The molecule has 2 aromatic heterocycles. The normalized spacial score (nSPS) is 18.7. The van der Waals surface area contributed by atoms with Crippen molar-refractivity contribution in [2.45, 2.75) is 16.9 Å². The number of hydrogen-bond acceptors (Lipinski definition) is 5. The van der Waals surface area contributed by atoms with E-state index in [1.54, 1.807) is 11.3 Å². The largest absolute Gasteiger partial charge is 0.385 e. The number of nitrogen functional groups attached to an aromatic ring is 1. The number of nitrogens with one attached hydrogen (secondary N) is 1. The van der Waals surface area contributed by atoms with E-state index in [4.69, 9.17) is 18.0 Å². The van der Waals surface area contributed by atoms with E-state index in [0.717, 1.165) is 25.6 Å². The lowest BCUT2D eigenvalue weighted by molar-refractivity contribution is 0.894. The van der Waals surface area contributed by atoms with E-state index >= 15 is 0 Å². The SMILES string of the molecule is Nc1[nH]c(=S)nc2sc3c(c12)CC(c1ccc(Br)cc1)SC3c1ccc(Br)cc1. The van der Waals surface area contributed by atoms with Crippen molar-refractivity contribution in [1.29, 1.82) is 0 Å². The van der Waals surface area contributed by atoms with Crippen LogP contribution < -0.4 is 5.73 Å². The van der Waals surface area contributed by atoms with Crippen LogP contribution >= 0.6 is 67.2 Å². The van der Waals surface area contributed by atoms with E-state index in [1.165, 1.54) is 21.6 Å². The molecule has 2 aromatic carbocycles. The number of aromatic amines is 1. The number of halogens is 2. The molecule has 4 aromatic rings. The predicted molar refractivity (Wildman–Crippen MR) is 133 cm³/mol. The van der Waals surface area contributed by atoms with Crippen LogP contribution in [0.3, 0.4) is 0 Å². The first kappa shape index (κ1) is 19.8. The quantitative estimate of drug-likeness (QED) is 0.246. The zero-order valence-corrected chi connectivity index (χ0v) is 20.6. The molecule has 0 saturated carbocycles. The number of fused-ring (bicyclic) bond motifs is 3. The Morgan fingerprint density at radius 1 is 1.00 bits per heavy atom. The fraction of sp³-hybridized carbons (Fsp3) is 0.143. The summed E-state index contributed by atoms with van der Waals surface area (Å²) < 4.78 is 2.61. The molecule has 3 nitrogen and oxygen atoms in total. The van der Waals surface area contributed by atoms with Crippen LogP contribution in [0, 0.1) is 4.77 Å². The number of nitrogens with zero attached hydrogens (tertiary/aromatic N) is 1. The van der Waals surface area contributed by atoms with E-state index < -0.39 is 0 Å². The Hall–Kier alpha value is -1.19. The van der Waals surface area contributed by atoms with Gasteiger partial charge in [0.05, 0.1) is 10.6 Å². The van der Waals surface area contributed by atoms with E-state index in [1.807, 2.05) is 11.8 Å². The minimum absolute atomic E-state index is 0.229. The second kappa shape index (κ2) is 7.81. The van der Waals surface area contributed by atoms with E-state index in [2.05, 4.69) is 90.4 Å². The monoisotopic (exact) mass is 563 g/mol. The number of H-pyrrole nitrogens is 1. The molecule has 0 spiro atoms. The van der Waals surface area contributed by atoms with Crippen LogP contribution in [-0.2, 0) is 6.42 Å². The fourth-order valence-corrected chi connectivity index (χ4v) is 7.56. The van der Waals surface area contributed by atoms with Gasteiger partial charge in [0, 0.05) is 19.1 Å². The number of thiophene rings is 1. The first-order valence-electron chi connectivity index (χ1n) is 8.97. The average molecular weight is 565 g/mol. The van der Waals surface area contributed by atoms with Gasteiger partial charge in [0.15, 0.2) is 4.77 Å². The van der Waals surface area contributed by atoms with Crippen LogP contribution in [0.1, 0.15) is 32.1 Å². The molecule has 1 aliphatic heterocycles. The highest BCUT2D eigenvalue weighted by Crippen LogP contribution is 2.55. The maximum absolute atomic E-state index is 6.36. The molecule has 0 bridgehead atoms. The Bertz CT molecular complexity index is 1260. The molecule has 29 heavy (non-hydrogen) atoms. The molecule has 1 aliphatic rings. The number of nitrogens with two attached hydrogens (primary N) is 1. The minimum atomic E-state index is 0.229. The van der Waals surface area contributed by atoms with E-state index in [0.29, 0.717) is 15.8 Å². The van der Waals surface area contributed by atoms with Gasteiger partial charge in [0.25, 0.3) is 0 Å². The molecule has 2 atom stereocenters. The first-order chi connectivity index (χ1) is 14.0.